The van der Waals surface area contributed by atoms with Gasteiger partial charge in [-0.05, 0) is 28.1 Å². The van der Waals surface area contributed by atoms with Gasteiger partial charge in [-0.3, -0.25) is 15.6 Å². The van der Waals surface area contributed by atoms with E-state index in [0.29, 0.717) is 21.5 Å². The molecule has 0 fully saturated rings. The highest BCUT2D eigenvalue weighted by atomic mass is 79.9. The van der Waals surface area contributed by atoms with Crippen LogP contribution in [0.2, 0.25) is 0 Å². The number of carbonyl (C=O) groups excluding carboxylic acids is 1. The quantitative estimate of drug-likeness (QED) is 0.624. The maximum Gasteiger partial charge on any atom is 0.274 e. The predicted octanol–water partition coefficient (Wildman–Crippen LogP) is 4.38. The molecule has 0 aliphatic carbocycles. The van der Waals surface area contributed by atoms with E-state index in [4.69, 9.17) is 9.47 Å². The van der Waals surface area contributed by atoms with E-state index in [9.17, 15) is 4.79 Å². The van der Waals surface area contributed by atoms with Crippen molar-refractivity contribution < 1.29 is 14.3 Å². The molecular formula is C19H17BrN2O3. The topological polar surface area (TPSA) is 59.6 Å². The van der Waals surface area contributed by atoms with Gasteiger partial charge in [0.2, 0.25) is 0 Å². The molecule has 0 aromatic heterocycles. The van der Waals surface area contributed by atoms with Gasteiger partial charge in [-0.15, -0.1) is 0 Å². The van der Waals surface area contributed by atoms with E-state index in [1.807, 2.05) is 54.6 Å². The van der Waals surface area contributed by atoms with Crippen LogP contribution < -0.4 is 20.3 Å². The van der Waals surface area contributed by atoms with Crippen molar-refractivity contribution in [2.75, 3.05) is 19.6 Å². The molecule has 0 unspecified atom stereocenters. The van der Waals surface area contributed by atoms with Crippen molar-refractivity contribution in [2.24, 2.45) is 0 Å². The third kappa shape index (κ3) is 3.25. The van der Waals surface area contributed by atoms with Gasteiger partial charge in [-0.25, -0.2) is 0 Å². The fraction of sp³-hybridized carbons (Fsp3) is 0.105. The average molecular weight is 401 g/mol. The molecule has 3 aromatic carbocycles. The van der Waals surface area contributed by atoms with Gasteiger partial charge >= 0.3 is 0 Å². The van der Waals surface area contributed by atoms with Crippen molar-refractivity contribution in [1.29, 1.82) is 0 Å². The zero-order valence-electron chi connectivity index (χ0n) is 13.8. The molecule has 6 heteroatoms. The molecule has 0 heterocycles. The van der Waals surface area contributed by atoms with Crippen LogP contribution in [0.3, 0.4) is 0 Å². The Labute approximate surface area is 154 Å². The van der Waals surface area contributed by atoms with Crippen molar-refractivity contribution >= 4 is 38.3 Å². The van der Waals surface area contributed by atoms with Gasteiger partial charge in [0.25, 0.3) is 5.91 Å². The second-order valence-corrected chi connectivity index (χ2v) is 6.04. The first kappa shape index (κ1) is 17.1. The molecule has 3 rings (SSSR count). The van der Waals surface area contributed by atoms with Crippen molar-refractivity contribution in [3.8, 4) is 11.5 Å². The van der Waals surface area contributed by atoms with Gasteiger partial charge in [-0.2, -0.15) is 0 Å². The number of para-hydroxylation sites is 1. The predicted molar refractivity (Wildman–Crippen MR) is 102 cm³/mol. The minimum atomic E-state index is -0.336. The molecule has 3 aromatic rings. The zero-order chi connectivity index (χ0) is 17.8. The number of benzene rings is 3. The normalized spacial score (nSPS) is 10.4. The molecule has 25 heavy (non-hydrogen) atoms. The molecule has 2 N–H and O–H groups in total. The summed E-state index contributed by atoms with van der Waals surface area (Å²) in [5.41, 5.74) is 6.72. The van der Waals surface area contributed by atoms with Crippen LogP contribution in [0.1, 0.15) is 10.4 Å². The summed E-state index contributed by atoms with van der Waals surface area (Å²) in [5.74, 6) is 0.730. The van der Waals surface area contributed by atoms with Crippen LogP contribution in [-0.4, -0.2) is 20.1 Å². The molecule has 0 aliphatic heterocycles. The van der Waals surface area contributed by atoms with Gasteiger partial charge in [0.1, 0.15) is 17.1 Å². The maximum atomic E-state index is 12.8. The molecule has 0 atom stereocenters. The summed E-state index contributed by atoms with van der Waals surface area (Å²) in [6, 6.07) is 17.0. The SMILES string of the molecule is COc1c(Br)c(C(=O)NNc2ccccc2)c(OC)c2ccccc12. The maximum absolute atomic E-state index is 12.8. The third-order valence-electron chi connectivity index (χ3n) is 3.79. The van der Waals surface area contributed by atoms with Crippen LogP contribution in [0.4, 0.5) is 5.69 Å². The molecule has 0 radical (unpaired) electrons. The molecule has 0 saturated heterocycles. The molecule has 0 aliphatic rings. The number of rotatable bonds is 5. The first-order chi connectivity index (χ1) is 12.2. The highest BCUT2D eigenvalue weighted by Crippen LogP contribution is 2.43. The Morgan fingerprint density at radius 2 is 1.44 bits per heavy atom. The summed E-state index contributed by atoms with van der Waals surface area (Å²) < 4.78 is 11.6. The minimum Gasteiger partial charge on any atom is -0.495 e. The van der Waals surface area contributed by atoms with Crippen molar-refractivity contribution in [3.05, 3.63) is 64.6 Å². The summed E-state index contributed by atoms with van der Waals surface area (Å²) in [5, 5.41) is 1.66. The van der Waals surface area contributed by atoms with Crippen LogP contribution in [0, 0.1) is 0 Å². The number of fused-ring (bicyclic) bond motifs is 1. The van der Waals surface area contributed by atoms with E-state index in [0.717, 1.165) is 16.5 Å². The number of nitrogens with one attached hydrogen (secondary N) is 2. The number of hydrazine groups is 1. The summed E-state index contributed by atoms with van der Waals surface area (Å²) in [6.45, 7) is 0. The number of ether oxygens (including phenoxy) is 2. The van der Waals surface area contributed by atoms with Gasteiger partial charge in [0.15, 0.2) is 0 Å². The largest absolute Gasteiger partial charge is 0.495 e. The average Bonchev–Trinajstić information content (AvgIpc) is 2.66. The summed E-state index contributed by atoms with van der Waals surface area (Å²) in [6.07, 6.45) is 0. The Balaban J connectivity index is 2.05. The zero-order valence-corrected chi connectivity index (χ0v) is 15.4. The molecule has 0 saturated carbocycles. The van der Waals surface area contributed by atoms with Crippen molar-refractivity contribution in [2.45, 2.75) is 0 Å². The summed E-state index contributed by atoms with van der Waals surface area (Å²) >= 11 is 3.49. The van der Waals surface area contributed by atoms with E-state index >= 15 is 0 Å². The number of halogens is 1. The van der Waals surface area contributed by atoms with E-state index in [2.05, 4.69) is 26.8 Å². The van der Waals surface area contributed by atoms with Gasteiger partial charge in [0.05, 0.1) is 24.4 Å². The van der Waals surface area contributed by atoms with Crippen LogP contribution in [0.25, 0.3) is 10.8 Å². The number of hydrogen-bond acceptors (Lipinski definition) is 4. The Kier molecular flexibility index (Phi) is 5.09. The molecular weight excluding hydrogens is 384 g/mol. The lowest BCUT2D eigenvalue weighted by Crippen LogP contribution is -2.30. The number of hydrogen-bond donors (Lipinski definition) is 2. The van der Waals surface area contributed by atoms with Gasteiger partial charge < -0.3 is 9.47 Å². The summed E-state index contributed by atoms with van der Waals surface area (Å²) in [4.78, 5) is 12.8. The van der Waals surface area contributed by atoms with E-state index in [1.54, 1.807) is 14.2 Å². The Morgan fingerprint density at radius 3 is 2.04 bits per heavy atom. The number of methoxy groups -OCH3 is 2. The lowest BCUT2D eigenvalue weighted by Gasteiger charge is -2.18. The van der Waals surface area contributed by atoms with Crippen LogP contribution in [0.5, 0.6) is 11.5 Å². The fourth-order valence-corrected chi connectivity index (χ4v) is 3.41. The second kappa shape index (κ2) is 7.44. The highest BCUT2D eigenvalue weighted by molar-refractivity contribution is 9.10. The number of carbonyl (C=O) groups is 1. The molecule has 0 spiro atoms. The second-order valence-electron chi connectivity index (χ2n) is 5.25. The van der Waals surface area contributed by atoms with Crippen LogP contribution in [0.15, 0.2) is 59.1 Å². The Morgan fingerprint density at radius 1 is 0.880 bits per heavy atom. The fourth-order valence-electron chi connectivity index (χ4n) is 2.67. The Bertz CT molecular complexity index is 913. The molecule has 128 valence electrons. The van der Waals surface area contributed by atoms with Crippen LogP contribution >= 0.6 is 15.9 Å². The minimum absolute atomic E-state index is 0.336. The smallest absolute Gasteiger partial charge is 0.274 e. The number of anilines is 1. The van der Waals surface area contributed by atoms with Crippen molar-refractivity contribution in [3.63, 3.8) is 0 Å². The van der Waals surface area contributed by atoms with Crippen molar-refractivity contribution in [1.82, 2.24) is 5.43 Å². The standard InChI is InChI=1S/C19H17BrN2O3/c1-24-17-13-10-6-7-11-14(13)18(25-2)16(20)15(17)19(23)22-21-12-8-4-3-5-9-12/h3-11,21H,1-2H3,(H,22,23). The van der Waals surface area contributed by atoms with Crippen LogP contribution in [-0.2, 0) is 0 Å². The van der Waals surface area contributed by atoms with Gasteiger partial charge in [-0.1, -0.05) is 42.5 Å². The lowest BCUT2D eigenvalue weighted by molar-refractivity contribution is 0.0958. The summed E-state index contributed by atoms with van der Waals surface area (Å²) in [7, 11) is 3.12. The monoisotopic (exact) mass is 400 g/mol. The third-order valence-corrected chi connectivity index (χ3v) is 4.55. The first-order valence-electron chi connectivity index (χ1n) is 7.61. The Hall–Kier alpha value is -2.73. The lowest BCUT2D eigenvalue weighted by atomic mass is 10.0. The van der Waals surface area contributed by atoms with E-state index in [1.165, 1.54) is 0 Å². The molecule has 5 nitrogen and oxygen atoms in total. The van der Waals surface area contributed by atoms with Gasteiger partial charge in [0, 0.05) is 10.8 Å². The van der Waals surface area contributed by atoms with E-state index < -0.39 is 0 Å². The highest BCUT2D eigenvalue weighted by Gasteiger charge is 2.24. The first-order valence-corrected chi connectivity index (χ1v) is 8.40. The molecule has 1 amide bonds. The molecule has 0 bridgehead atoms. The van der Waals surface area contributed by atoms with E-state index in [-0.39, 0.29) is 5.91 Å². The number of amides is 1.